The lowest BCUT2D eigenvalue weighted by Crippen LogP contribution is -2.74. The van der Waals surface area contributed by atoms with E-state index in [2.05, 4.69) is 23.1 Å². The number of fused-ring (bicyclic) bond motifs is 3. The predicted molar refractivity (Wildman–Crippen MR) is 162 cm³/mol. The number of hydrogen-bond acceptors (Lipinski definition) is 10. The number of hydrogen-bond donors (Lipinski definition) is 3. The number of Topliss-reactive ketones (excluding diaryl/α,β-unsaturated/α-hetero) is 4. The van der Waals surface area contributed by atoms with E-state index in [9.17, 15) is 34.2 Å². The molecule has 4 aliphatic rings. The predicted octanol–water partition coefficient (Wildman–Crippen LogP) is 0.929. The molecule has 2 aromatic rings. The van der Waals surface area contributed by atoms with Crippen molar-refractivity contribution in [2.24, 2.45) is 29.4 Å². The molecule has 1 heterocycles. The number of aryl methyl sites for hydroxylation is 1. The molecule has 1 amide bonds. The van der Waals surface area contributed by atoms with E-state index >= 15 is 0 Å². The first-order valence-electron chi connectivity index (χ1n) is 15.5. The fraction of sp³-hybridized carbons (Fsp3) is 0.500. The SMILES string of the molecule is CCc1ccc(CN2CCOCC2)cc1-c1ccc(O)c2c1C[C@H]1C[C@H]3[C@H](N(C)C)C(=O)C(C(N)=O)C(=O)[C@@]3(O)C(=O)C1C2=O. The van der Waals surface area contributed by atoms with Crippen LogP contribution in [0.1, 0.15) is 40.4 Å². The monoisotopic (exact) mass is 617 g/mol. The fourth-order valence-electron chi connectivity index (χ4n) is 8.16. The molecule has 45 heavy (non-hydrogen) atoms. The van der Waals surface area contributed by atoms with E-state index in [-0.39, 0.29) is 24.2 Å². The molecule has 3 fully saturated rings. The van der Waals surface area contributed by atoms with Gasteiger partial charge in [-0.3, -0.25) is 33.8 Å². The quantitative estimate of drug-likeness (QED) is 0.397. The summed E-state index contributed by atoms with van der Waals surface area (Å²) in [5.74, 6) is -10.5. The first-order chi connectivity index (χ1) is 21.4. The summed E-state index contributed by atoms with van der Waals surface area (Å²) in [6.45, 7) is 5.81. The second kappa shape index (κ2) is 11.5. The second-order valence-corrected chi connectivity index (χ2v) is 13.0. The Hall–Kier alpha value is -3.77. The minimum absolute atomic E-state index is 0.000249. The van der Waals surface area contributed by atoms with Crippen molar-refractivity contribution in [3.8, 4) is 16.9 Å². The molecule has 0 bridgehead atoms. The summed E-state index contributed by atoms with van der Waals surface area (Å²) in [7, 11) is 3.14. The molecule has 0 spiro atoms. The number of aliphatic hydroxyl groups is 1. The topological polar surface area (TPSA) is 168 Å². The van der Waals surface area contributed by atoms with Crippen LogP contribution in [0.5, 0.6) is 5.75 Å². The minimum atomic E-state index is -2.74. The van der Waals surface area contributed by atoms with Gasteiger partial charge in [0.15, 0.2) is 34.7 Å². The number of benzene rings is 2. The van der Waals surface area contributed by atoms with Crippen molar-refractivity contribution in [2.45, 2.75) is 44.4 Å². The number of morpholine rings is 1. The lowest BCUT2D eigenvalue weighted by atomic mass is 9.52. The molecule has 0 aromatic heterocycles. The summed E-state index contributed by atoms with van der Waals surface area (Å²) in [5.41, 5.74) is 7.13. The summed E-state index contributed by atoms with van der Waals surface area (Å²) in [6.07, 6.45) is 0.954. The van der Waals surface area contributed by atoms with Crippen molar-refractivity contribution < 1.29 is 38.9 Å². The van der Waals surface area contributed by atoms with Gasteiger partial charge in [-0.25, -0.2) is 0 Å². The zero-order valence-electron chi connectivity index (χ0n) is 25.7. The number of amides is 1. The molecular weight excluding hydrogens is 578 g/mol. The van der Waals surface area contributed by atoms with Crippen LogP contribution in [-0.2, 0) is 43.3 Å². The molecule has 2 unspecified atom stereocenters. The van der Waals surface area contributed by atoms with Gasteiger partial charge in [-0.15, -0.1) is 0 Å². The van der Waals surface area contributed by atoms with E-state index in [1.54, 1.807) is 20.2 Å². The van der Waals surface area contributed by atoms with Crippen LogP contribution in [0.4, 0.5) is 0 Å². The highest BCUT2D eigenvalue weighted by Gasteiger charge is 2.69. The lowest BCUT2D eigenvalue weighted by Gasteiger charge is -2.52. The third-order valence-corrected chi connectivity index (χ3v) is 10.3. The van der Waals surface area contributed by atoms with Crippen molar-refractivity contribution in [2.75, 3.05) is 40.4 Å². The van der Waals surface area contributed by atoms with Crippen LogP contribution in [0, 0.1) is 23.7 Å². The standard InChI is InChI=1S/C34H39N3O8/c1-4-18-6-5-17(16-37-9-11-45-12-10-37)13-21(18)20-7-8-24(38)26-22(20)14-19-15-23-28(36(2)3)30(40)27(33(35)43)32(42)34(23,44)31(41)25(19)29(26)39/h5-8,13,19,23,25,27-28,38,44H,4,9-12,14-16H2,1-3H3,(H2,35,43)/t19-,23-,25?,27?,28-,34-/m0/s1. The van der Waals surface area contributed by atoms with Gasteiger partial charge in [-0.05, 0) is 79.2 Å². The maximum atomic E-state index is 14.2. The number of likely N-dealkylation sites (N-methyl/N-ethyl adjacent to an activating group) is 1. The Morgan fingerprint density at radius 3 is 2.42 bits per heavy atom. The number of phenolic OH excluding ortho intramolecular Hbond substituents is 1. The molecule has 2 saturated carbocycles. The Balaban J connectivity index is 1.44. The Bertz CT molecular complexity index is 1610. The number of carbonyl (C=O) groups is 5. The number of aromatic hydroxyl groups is 1. The van der Waals surface area contributed by atoms with Gasteiger partial charge < -0.3 is 20.7 Å². The summed E-state index contributed by atoms with van der Waals surface area (Å²) in [5, 5.41) is 22.8. The van der Waals surface area contributed by atoms with Crippen molar-refractivity contribution >= 4 is 29.0 Å². The van der Waals surface area contributed by atoms with Crippen molar-refractivity contribution in [1.82, 2.24) is 9.80 Å². The largest absolute Gasteiger partial charge is 0.507 e. The second-order valence-electron chi connectivity index (χ2n) is 13.0. The van der Waals surface area contributed by atoms with E-state index in [4.69, 9.17) is 10.5 Å². The van der Waals surface area contributed by atoms with Gasteiger partial charge in [-0.2, -0.15) is 0 Å². The highest BCUT2D eigenvalue weighted by Crippen LogP contribution is 2.52. The first-order valence-corrected chi connectivity index (χ1v) is 15.5. The van der Waals surface area contributed by atoms with Crippen molar-refractivity contribution in [3.05, 3.63) is 52.6 Å². The highest BCUT2D eigenvalue weighted by atomic mass is 16.5. The average Bonchev–Trinajstić information content (AvgIpc) is 2.99. The van der Waals surface area contributed by atoms with E-state index in [0.717, 1.165) is 48.3 Å². The molecule has 11 nitrogen and oxygen atoms in total. The third kappa shape index (κ3) is 4.84. The molecule has 6 atom stereocenters. The molecule has 1 saturated heterocycles. The smallest absolute Gasteiger partial charge is 0.235 e. The zero-order valence-corrected chi connectivity index (χ0v) is 25.7. The van der Waals surface area contributed by atoms with Crippen molar-refractivity contribution in [1.29, 1.82) is 0 Å². The number of phenols is 1. The molecule has 2 aromatic carbocycles. The van der Waals surface area contributed by atoms with Gasteiger partial charge in [0.2, 0.25) is 5.91 Å². The van der Waals surface area contributed by atoms with Gasteiger partial charge in [-0.1, -0.05) is 25.1 Å². The number of ether oxygens (including phenoxy) is 1. The van der Waals surface area contributed by atoms with Crippen LogP contribution in [0.2, 0.25) is 0 Å². The summed E-state index contributed by atoms with van der Waals surface area (Å²) < 4.78 is 5.49. The van der Waals surface area contributed by atoms with Crippen LogP contribution in [0.25, 0.3) is 11.1 Å². The first kappa shape index (κ1) is 31.2. The van der Waals surface area contributed by atoms with Crippen LogP contribution >= 0.6 is 0 Å². The summed E-state index contributed by atoms with van der Waals surface area (Å²) in [6, 6.07) is 8.40. The maximum absolute atomic E-state index is 14.2. The Morgan fingerprint density at radius 1 is 1.07 bits per heavy atom. The maximum Gasteiger partial charge on any atom is 0.235 e. The molecule has 4 N–H and O–H groups in total. The number of nitrogens with two attached hydrogens (primary N) is 1. The average molecular weight is 618 g/mol. The molecule has 3 aliphatic carbocycles. The fourth-order valence-corrected chi connectivity index (χ4v) is 8.16. The van der Waals surface area contributed by atoms with Crippen molar-refractivity contribution in [3.63, 3.8) is 0 Å². The van der Waals surface area contributed by atoms with E-state index in [1.165, 1.54) is 11.0 Å². The number of ketones is 4. The van der Waals surface area contributed by atoms with E-state index < -0.39 is 64.4 Å². The Labute approximate surface area is 261 Å². The van der Waals surface area contributed by atoms with Crippen LogP contribution in [0.3, 0.4) is 0 Å². The molecular formula is C34H39N3O8. The molecule has 1 aliphatic heterocycles. The molecule has 238 valence electrons. The van der Waals surface area contributed by atoms with Gasteiger partial charge in [0, 0.05) is 25.6 Å². The van der Waals surface area contributed by atoms with Crippen LogP contribution in [-0.4, -0.2) is 101 Å². The lowest BCUT2D eigenvalue weighted by molar-refractivity contribution is -0.181. The van der Waals surface area contributed by atoms with Gasteiger partial charge in [0.1, 0.15) is 5.75 Å². The number of carbonyl (C=O) groups excluding carboxylic acids is 5. The number of primary amides is 1. The number of rotatable bonds is 6. The molecule has 0 radical (unpaired) electrons. The number of nitrogens with zero attached hydrogens (tertiary/aromatic N) is 2. The minimum Gasteiger partial charge on any atom is -0.507 e. The van der Waals surface area contributed by atoms with Gasteiger partial charge in [0.25, 0.3) is 0 Å². The third-order valence-electron chi connectivity index (χ3n) is 10.3. The summed E-state index contributed by atoms with van der Waals surface area (Å²) in [4.78, 5) is 71.2. The molecule has 6 rings (SSSR count). The Kier molecular flexibility index (Phi) is 8.01. The van der Waals surface area contributed by atoms with Gasteiger partial charge in [0.05, 0.1) is 30.7 Å². The molecule has 11 heteroatoms. The van der Waals surface area contributed by atoms with Crippen LogP contribution < -0.4 is 5.73 Å². The highest BCUT2D eigenvalue weighted by molar-refractivity contribution is 6.32. The van der Waals surface area contributed by atoms with Gasteiger partial charge >= 0.3 is 0 Å². The van der Waals surface area contributed by atoms with E-state index in [0.29, 0.717) is 18.8 Å². The van der Waals surface area contributed by atoms with E-state index in [1.807, 2.05) is 6.92 Å². The normalized spacial score (nSPS) is 30.2. The van der Waals surface area contributed by atoms with Crippen LogP contribution in [0.15, 0.2) is 30.3 Å². The summed E-state index contributed by atoms with van der Waals surface area (Å²) >= 11 is 0. The zero-order chi connectivity index (χ0) is 32.4. The Morgan fingerprint density at radius 2 is 1.78 bits per heavy atom.